The summed E-state index contributed by atoms with van der Waals surface area (Å²) >= 11 is 0. The Bertz CT molecular complexity index is 411. The van der Waals surface area contributed by atoms with Crippen molar-refractivity contribution in [3.05, 3.63) is 35.4 Å². The minimum absolute atomic E-state index is 0.0170. The summed E-state index contributed by atoms with van der Waals surface area (Å²) in [5, 5.41) is 10.4. The molecule has 0 aromatic heterocycles. The van der Waals surface area contributed by atoms with E-state index < -0.39 is 6.10 Å². The van der Waals surface area contributed by atoms with Crippen LogP contribution in [0.15, 0.2) is 24.3 Å². The summed E-state index contributed by atoms with van der Waals surface area (Å²) in [5.74, 6) is 0.723. The molecule has 3 rings (SSSR count). The standard InChI is InChI=1S/C16H22O2/c1-11-8-9-15(18-11)16(17)14-7-3-6-13(10-14)12-4-2-5-12/h3,6-7,10-12,15-17H,2,4-5,8-9H2,1H3. The fourth-order valence-corrected chi connectivity index (χ4v) is 3.02. The van der Waals surface area contributed by atoms with Crippen LogP contribution in [0, 0.1) is 0 Å². The van der Waals surface area contributed by atoms with Gasteiger partial charge in [0.25, 0.3) is 0 Å². The van der Waals surface area contributed by atoms with Gasteiger partial charge in [-0.25, -0.2) is 0 Å². The molecular weight excluding hydrogens is 224 g/mol. The third-order valence-corrected chi connectivity index (χ3v) is 4.45. The van der Waals surface area contributed by atoms with Crippen LogP contribution >= 0.6 is 0 Å². The molecule has 0 amide bonds. The highest BCUT2D eigenvalue weighted by Crippen LogP contribution is 2.38. The SMILES string of the molecule is CC1CCC(C(O)c2cccc(C3CCC3)c2)O1. The summed E-state index contributed by atoms with van der Waals surface area (Å²) in [7, 11) is 0. The Morgan fingerprint density at radius 3 is 2.67 bits per heavy atom. The molecule has 98 valence electrons. The van der Waals surface area contributed by atoms with Crippen molar-refractivity contribution in [2.75, 3.05) is 0 Å². The number of aliphatic hydroxyl groups excluding tert-OH is 1. The van der Waals surface area contributed by atoms with E-state index in [1.807, 2.05) is 6.07 Å². The number of benzene rings is 1. The predicted octanol–water partition coefficient (Wildman–Crippen LogP) is 3.56. The fraction of sp³-hybridized carbons (Fsp3) is 0.625. The Morgan fingerprint density at radius 1 is 1.22 bits per heavy atom. The predicted molar refractivity (Wildman–Crippen MR) is 71.6 cm³/mol. The molecule has 1 aliphatic heterocycles. The Balaban J connectivity index is 1.74. The zero-order valence-corrected chi connectivity index (χ0v) is 11.0. The van der Waals surface area contributed by atoms with Crippen molar-refractivity contribution in [2.45, 2.75) is 63.3 Å². The Morgan fingerprint density at radius 2 is 2.06 bits per heavy atom. The number of ether oxygens (including phenoxy) is 1. The lowest BCUT2D eigenvalue weighted by Crippen LogP contribution is -2.19. The van der Waals surface area contributed by atoms with Crippen LogP contribution in [0.3, 0.4) is 0 Å². The highest BCUT2D eigenvalue weighted by atomic mass is 16.5. The fourth-order valence-electron chi connectivity index (χ4n) is 3.02. The minimum atomic E-state index is -0.463. The van der Waals surface area contributed by atoms with Gasteiger partial charge in [-0.05, 0) is 49.7 Å². The first kappa shape index (κ1) is 12.2. The molecule has 0 bridgehead atoms. The number of hydrogen-bond acceptors (Lipinski definition) is 2. The van der Waals surface area contributed by atoms with E-state index in [1.165, 1.54) is 24.8 Å². The van der Waals surface area contributed by atoms with Crippen LogP contribution in [0.4, 0.5) is 0 Å². The summed E-state index contributed by atoms with van der Waals surface area (Å²) in [5.41, 5.74) is 2.42. The zero-order chi connectivity index (χ0) is 12.5. The van der Waals surface area contributed by atoms with Crippen molar-refractivity contribution in [1.29, 1.82) is 0 Å². The second-order valence-corrected chi connectivity index (χ2v) is 5.81. The van der Waals surface area contributed by atoms with Crippen molar-refractivity contribution in [3.63, 3.8) is 0 Å². The van der Waals surface area contributed by atoms with E-state index in [9.17, 15) is 5.11 Å². The van der Waals surface area contributed by atoms with Gasteiger partial charge in [0.15, 0.2) is 0 Å². The highest BCUT2D eigenvalue weighted by Gasteiger charge is 2.30. The van der Waals surface area contributed by atoms with Gasteiger partial charge in [-0.2, -0.15) is 0 Å². The summed E-state index contributed by atoms with van der Waals surface area (Å²) in [6, 6.07) is 8.47. The molecule has 0 spiro atoms. The molecule has 1 saturated heterocycles. The van der Waals surface area contributed by atoms with Crippen molar-refractivity contribution in [1.82, 2.24) is 0 Å². The summed E-state index contributed by atoms with van der Waals surface area (Å²) in [4.78, 5) is 0. The maximum Gasteiger partial charge on any atom is 0.105 e. The third-order valence-electron chi connectivity index (χ3n) is 4.45. The molecule has 0 radical (unpaired) electrons. The Labute approximate surface area is 109 Å². The molecule has 1 heterocycles. The quantitative estimate of drug-likeness (QED) is 0.883. The van der Waals surface area contributed by atoms with Gasteiger partial charge in [0, 0.05) is 0 Å². The van der Waals surface area contributed by atoms with E-state index in [2.05, 4.69) is 25.1 Å². The third kappa shape index (κ3) is 2.32. The molecule has 1 N–H and O–H groups in total. The molecular formula is C16H22O2. The van der Waals surface area contributed by atoms with Crippen LogP contribution in [0.5, 0.6) is 0 Å². The van der Waals surface area contributed by atoms with Gasteiger partial charge >= 0.3 is 0 Å². The lowest BCUT2D eigenvalue weighted by molar-refractivity contribution is -0.0297. The van der Waals surface area contributed by atoms with Crippen LogP contribution in [0.25, 0.3) is 0 Å². The van der Waals surface area contributed by atoms with Crippen molar-refractivity contribution >= 4 is 0 Å². The van der Waals surface area contributed by atoms with Crippen LogP contribution in [0.1, 0.15) is 62.2 Å². The second-order valence-electron chi connectivity index (χ2n) is 5.81. The first-order valence-corrected chi connectivity index (χ1v) is 7.17. The summed E-state index contributed by atoms with van der Waals surface area (Å²) in [6.07, 6.45) is 5.79. The van der Waals surface area contributed by atoms with E-state index in [0.29, 0.717) is 6.10 Å². The molecule has 2 aliphatic rings. The monoisotopic (exact) mass is 246 g/mol. The molecule has 3 atom stereocenters. The molecule has 18 heavy (non-hydrogen) atoms. The largest absolute Gasteiger partial charge is 0.386 e. The van der Waals surface area contributed by atoms with E-state index in [4.69, 9.17) is 4.74 Å². The number of aliphatic hydroxyl groups is 1. The molecule has 2 fully saturated rings. The highest BCUT2D eigenvalue weighted by molar-refractivity contribution is 5.29. The van der Waals surface area contributed by atoms with Crippen LogP contribution < -0.4 is 0 Å². The average Bonchev–Trinajstić information content (AvgIpc) is 2.73. The maximum atomic E-state index is 10.4. The normalized spacial score (nSPS) is 30.1. The molecule has 3 unspecified atom stereocenters. The zero-order valence-electron chi connectivity index (χ0n) is 11.0. The first-order chi connectivity index (χ1) is 8.74. The van der Waals surface area contributed by atoms with E-state index >= 15 is 0 Å². The smallest absolute Gasteiger partial charge is 0.105 e. The average molecular weight is 246 g/mol. The van der Waals surface area contributed by atoms with Crippen LogP contribution in [-0.2, 0) is 4.74 Å². The van der Waals surface area contributed by atoms with Gasteiger partial charge in [0.1, 0.15) is 6.10 Å². The number of rotatable bonds is 3. The second kappa shape index (κ2) is 5.02. The van der Waals surface area contributed by atoms with Crippen molar-refractivity contribution < 1.29 is 9.84 Å². The van der Waals surface area contributed by atoms with Crippen molar-refractivity contribution in [3.8, 4) is 0 Å². The maximum absolute atomic E-state index is 10.4. The van der Waals surface area contributed by atoms with Gasteiger partial charge < -0.3 is 9.84 Å². The van der Waals surface area contributed by atoms with E-state index in [0.717, 1.165) is 24.3 Å². The molecule has 2 nitrogen and oxygen atoms in total. The lowest BCUT2D eigenvalue weighted by Gasteiger charge is -2.27. The molecule has 1 saturated carbocycles. The van der Waals surface area contributed by atoms with Crippen LogP contribution in [0.2, 0.25) is 0 Å². The molecule has 1 aliphatic carbocycles. The lowest BCUT2D eigenvalue weighted by atomic mass is 9.79. The van der Waals surface area contributed by atoms with Gasteiger partial charge in [-0.1, -0.05) is 30.7 Å². The van der Waals surface area contributed by atoms with Crippen LogP contribution in [-0.4, -0.2) is 17.3 Å². The minimum Gasteiger partial charge on any atom is -0.386 e. The van der Waals surface area contributed by atoms with Crippen molar-refractivity contribution in [2.24, 2.45) is 0 Å². The first-order valence-electron chi connectivity index (χ1n) is 7.17. The molecule has 1 aromatic rings. The summed E-state index contributed by atoms with van der Waals surface area (Å²) in [6.45, 7) is 2.08. The van der Waals surface area contributed by atoms with Gasteiger partial charge in [-0.15, -0.1) is 0 Å². The number of hydrogen-bond donors (Lipinski definition) is 1. The Kier molecular flexibility index (Phi) is 3.40. The van der Waals surface area contributed by atoms with Gasteiger partial charge in [0.05, 0.1) is 12.2 Å². The summed E-state index contributed by atoms with van der Waals surface area (Å²) < 4.78 is 5.77. The molecule has 2 heteroatoms. The molecule has 1 aromatic carbocycles. The van der Waals surface area contributed by atoms with E-state index in [-0.39, 0.29) is 6.10 Å². The van der Waals surface area contributed by atoms with Gasteiger partial charge in [0.2, 0.25) is 0 Å². The van der Waals surface area contributed by atoms with Gasteiger partial charge in [-0.3, -0.25) is 0 Å². The topological polar surface area (TPSA) is 29.5 Å². The van der Waals surface area contributed by atoms with E-state index in [1.54, 1.807) is 0 Å². The Hall–Kier alpha value is -0.860.